The standard InChI is InChI=1S/C22H25N3O4/c1-24(2)21(27)17-11-8-16(9-12-17)10-13-20(26)23-14-19-15-25(22(28)29-19)18-6-4-3-5-7-18/h3-9,11-12,19H,10,13-15H2,1-2H3,(H,23,26). The molecule has 1 N–H and O–H groups in total. The Bertz CT molecular complexity index is 865. The van der Waals surface area contributed by atoms with Crippen LogP contribution in [-0.4, -0.2) is 56.1 Å². The number of carbonyl (C=O) groups excluding carboxylic acids is 3. The van der Waals surface area contributed by atoms with Crippen LogP contribution in [0.2, 0.25) is 0 Å². The summed E-state index contributed by atoms with van der Waals surface area (Å²) in [5, 5.41) is 2.83. The number of nitrogens with zero attached hydrogens (tertiary/aromatic N) is 2. The number of nitrogens with one attached hydrogen (secondary N) is 1. The van der Waals surface area contributed by atoms with Gasteiger partial charge in [-0.1, -0.05) is 30.3 Å². The fourth-order valence-electron chi connectivity index (χ4n) is 3.09. The number of hydrogen-bond acceptors (Lipinski definition) is 4. The molecule has 0 aliphatic carbocycles. The fraction of sp³-hybridized carbons (Fsp3) is 0.318. The SMILES string of the molecule is CN(C)C(=O)c1ccc(CCC(=O)NCC2CN(c3ccccc3)C(=O)O2)cc1. The van der Waals surface area contributed by atoms with Crippen LogP contribution in [0.5, 0.6) is 0 Å². The Labute approximate surface area is 170 Å². The van der Waals surface area contributed by atoms with Crippen molar-refractivity contribution in [1.29, 1.82) is 0 Å². The van der Waals surface area contributed by atoms with Crippen molar-refractivity contribution in [2.24, 2.45) is 0 Å². The summed E-state index contributed by atoms with van der Waals surface area (Å²) in [4.78, 5) is 39.1. The van der Waals surface area contributed by atoms with Crippen LogP contribution in [0.3, 0.4) is 0 Å². The summed E-state index contributed by atoms with van der Waals surface area (Å²) in [5.41, 5.74) is 2.38. The van der Waals surface area contributed by atoms with Gasteiger partial charge in [-0.05, 0) is 36.2 Å². The van der Waals surface area contributed by atoms with Crippen LogP contribution < -0.4 is 10.2 Å². The predicted molar refractivity (Wildman–Crippen MR) is 110 cm³/mol. The van der Waals surface area contributed by atoms with Crippen LogP contribution in [0.1, 0.15) is 22.3 Å². The fourth-order valence-corrected chi connectivity index (χ4v) is 3.09. The highest BCUT2D eigenvalue weighted by atomic mass is 16.6. The molecule has 7 nitrogen and oxygen atoms in total. The van der Waals surface area contributed by atoms with Crippen LogP contribution in [0.15, 0.2) is 54.6 Å². The first-order valence-electron chi connectivity index (χ1n) is 9.54. The third-order valence-corrected chi connectivity index (χ3v) is 4.72. The van der Waals surface area contributed by atoms with E-state index in [-0.39, 0.29) is 24.5 Å². The summed E-state index contributed by atoms with van der Waals surface area (Å²) in [6.07, 6.45) is 0.123. The lowest BCUT2D eigenvalue weighted by Crippen LogP contribution is -2.34. The molecule has 1 fully saturated rings. The highest BCUT2D eigenvalue weighted by Crippen LogP contribution is 2.20. The minimum atomic E-state index is -0.400. The van der Waals surface area contributed by atoms with E-state index < -0.39 is 6.09 Å². The number of rotatable bonds is 7. The zero-order valence-corrected chi connectivity index (χ0v) is 16.6. The number of benzene rings is 2. The number of amides is 3. The first kappa shape index (κ1) is 20.4. The van der Waals surface area contributed by atoms with Crippen LogP contribution in [0.4, 0.5) is 10.5 Å². The van der Waals surface area contributed by atoms with Crippen molar-refractivity contribution in [1.82, 2.24) is 10.2 Å². The van der Waals surface area contributed by atoms with Gasteiger partial charge in [-0.15, -0.1) is 0 Å². The number of aryl methyl sites for hydroxylation is 1. The molecule has 0 radical (unpaired) electrons. The number of anilines is 1. The third-order valence-electron chi connectivity index (χ3n) is 4.72. The summed E-state index contributed by atoms with van der Waals surface area (Å²) in [6.45, 7) is 0.689. The van der Waals surface area contributed by atoms with Gasteiger partial charge in [0.05, 0.1) is 13.1 Å². The minimum absolute atomic E-state index is 0.0510. The second kappa shape index (κ2) is 9.23. The van der Waals surface area contributed by atoms with E-state index in [4.69, 9.17) is 4.74 Å². The number of hydrogen-bond donors (Lipinski definition) is 1. The Hall–Kier alpha value is -3.35. The molecule has 1 saturated heterocycles. The highest BCUT2D eigenvalue weighted by Gasteiger charge is 2.32. The van der Waals surface area contributed by atoms with Crippen molar-refractivity contribution in [3.8, 4) is 0 Å². The molecular weight excluding hydrogens is 370 g/mol. The second-order valence-electron chi connectivity index (χ2n) is 7.15. The molecule has 152 valence electrons. The van der Waals surface area contributed by atoms with Gasteiger partial charge in [0.15, 0.2) is 0 Å². The Morgan fingerprint density at radius 3 is 2.45 bits per heavy atom. The van der Waals surface area contributed by atoms with Crippen molar-refractivity contribution in [3.05, 3.63) is 65.7 Å². The predicted octanol–water partition coefficient (Wildman–Crippen LogP) is 2.46. The van der Waals surface area contributed by atoms with E-state index in [2.05, 4.69) is 5.32 Å². The smallest absolute Gasteiger partial charge is 0.414 e. The van der Waals surface area contributed by atoms with E-state index in [1.54, 1.807) is 31.1 Å². The van der Waals surface area contributed by atoms with Crippen molar-refractivity contribution in [2.45, 2.75) is 18.9 Å². The van der Waals surface area contributed by atoms with Crippen molar-refractivity contribution < 1.29 is 19.1 Å². The molecule has 2 aromatic carbocycles. The average molecular weight is 395 g/mol. The molecule has 1 aliphatic rings. The van der Waals surface area contributed by atoms with Crippen LogP contribution in [0.25, 0.3) is 0 Å². The van der Waals surface area contributed by atoms with Gasteiger partial charge in [0.25, 0.3) is 5.91 Å². The van der Waals surface area contributed by atoms with Crippen molar-refractivity contribution >= 4 is 23.6 Å². The maximum absolute atomic E-state index is 12.1. The monoisotopic (exact) mass is 395 g/mol. The first-order chi connectivity index (χ1) is 13.9. The summed E-state index contributed by atoms with van der Waals surface area (Å²) >= 11 is 0. The lowest BCUT2D eigenvalue weighted by atomic mass is 10.1. The Morgan fingerprint density at radius 2 is 1.79 bits per heavy atom. The number of cyclic esters (lactones) is 1. The van der Waals surface area contributed by atoms with Gasteiger partial charge in [0.2, 0.25) is 5.91 Å². The van der Waals surface area contributed by atoms with Gasteiger partial charge in [-0.2, -0.15) is 0 Å². The van der Waals surface area contributed by atoms with Crippen LogP contribution in [-0.2, 0) is 16.0 Å². The van der Waals surface area contributed by atoms with E-state index in [1.807, 2.05) is 42.5 Å². The molecule has 0 bridgehead atoms. The van der Waals surface area contributed by atoms with Crippen LogP contribution >= 0.6 is 0 Å². The zero-order chi connectivity index (χ0) is 20.8. The minimum Gasteiger partial charge on any atom is -0.442 e. The molecule has 1 heterocycles. The summed E-state index contributed by atoms with van der Waals surface area (Å²) in [6, 6.07) is 16.6. The Kier molecular flexibility index (Phi) is 6.49. The van der Waals surface area contributed by atoms with Gasteiger partial charge in [-0.3, -0.25) is 14.5 Å². The van der Waals surface area contributed by atoms with Gasteiger partial charge in [-0.25, -0.2) is 4.79 Å². The number of carbonyl (C=O) groups is 3. The Morgan fingerprint density at radius 1 is 1.10 bits per heavy atom. The largest absolute Gasteiger partial charge is 0.442 e. The quantitative estimate of drug-likeness (QED) is 0.781. The van der Waals surface area contributed by atoms with Crippen molar-refractivity contribution in [2.75, 3.05) is 32.1 Å². The molecule has 1 atom stereocenters. The number of ether oxygens (including phenoxy) is 1. The van der Waals surface area contributed by atoms with Gasteiger partial charge < -0.3 is 15.0 Å². The van der Waals surface area contributed by atoms with Gasteiger partial charge in [0.1, 0.15) is 6.10 Å². The molecule has 1 unspecified atom stereocenters. The van der Waals surface area contributed by atoms with Gasteiger partial charge in [0, 0.05) is 31.8 Å². The summed E-state index contributed by atoms with van der Waals surface area (Å²) < 4.78 is 5.33. The second-order valence-corrected chi connectivity index (χ2v) is 7.15. The molecule has 3 rings (SSSR count). The maximum atomic E-state index is 12.1. The molecular formula is C22H25N3O4. The van der Waals surface area contributed by atoms with E-state index in [0.29, 0.717) is 24.9 Å². The topological polar surface area (TPSA) is 79.0 Å². The molecule has 0 saturated carbocycles. The molecule has 0 spiro atoms. The molecule has 3 amide bonds. The van der Waals surface area contributed by atoms with E-state index in [9.17, 15) is 14.4 Å². The van der Waals surface area contributed by atoms with Gasteiger partial charge >= 0.3 is 6.09 Å². The highest BCUT2D eigenvalue weighted by molar-refractivity contribution is 5.93. The van der Waals surface area contributed by atoms with E-state index >= 15 is 0 Å². The third kappa shape index (κ3) is 5.34. The summed E-state index contributed by atoms with van der Waals surface area (Å²) in [5.74, 6) is -0.155. The lowest BCUT2D eigenvalue weighted by Gasteiger charge is -2.13. The first-order valence-corrected chi connectivity index (χ1v) is 9.54. The van der Waals surface area contributed by atoms with Crippen LogP contribution in [0, 0.1) is 0 Å². The van der Waals surface area contributed by atoms with E-state index in [0.717, 1.165) is 11.3 Å². The summed E-state index contributed by atoms with van der Waals surface area (Å²) in [7, 11) is 3.42. The lowest BCUT2D eigenvalue weighted by molar-refractivity contribution is -0.121. The maximum Gasteiger partial charge on any atom is 0.414 e. The Balaban J connectivity index is 1.42. The van der Waals surface area contributed by atoms with Crippen molar-refractivity contribution in [3.63, 3.8) is 0 Å². The zero-order valence-electron chi connectivity index (χ0n) is 16.6. The molecule has 7 heteroatoms. The normalized spacial score (nSPS) is 15.7. The molecule has 0 aromatic heterocycles. The van der Waals surface area contributed by atoms with E-state index in [1.165, 1.54) is 4.90 Å². The molecule has 1 aliphatic heterocycles. The average Bonchev–Trinajstić information content (AvgIpc) is 3.11. The number of para-hydroxylation sites is 1. The molecule has 29 heavy (non-hydrogen) atoms. The molecule has 2 aromatic rings.